The van der Waals surface area contributed by atoms with E-state index in [1.165, 1.54) is 6.07 Å². The van der Waals surface area contributed by atoms with Crippen molar-refractivity contribution in [3.8, 4) is 12.1 Å². The maximum atomic E-state index is 15.6. The van der Waals surface area contributed by atoms with Crippen LogP contribution < -0.4 is 10.4 Å². The molecule has 0 unspecified atom stereocenters. The summed E-state index contributed by atoms with van der Waals surface area (Å²) in [6, 6.07) is 2.11. The molecule has 0 heterocycles. The quantitative estimate of drug-likeness (QED) is 0.261. The Bertz CT molecular complexity index is 1770. The van der Waals surface area contributed by atoms with E-state index in [-0.39, 0.29) is 6.21 Å². The van der Waals surface area contributed by atoms with Crippen LogP contribution in [-0.4, -0.2) is 6.21 Å². The third-order valence-electron chi connectivity index (χ3n) is 6.04. The zero-order valence-electron chi connectivity index (χ0n) is 19.8. The lowest BCUT2D eigenvalue weighted by atomic mass is 9.93. The zero-order valence-corrected chi connectivity index (χ0v) is 19.8. The van der Waals surface area contributed by atoms with Crippen LogP contribution in [-0.2, 0) is 0 Å². The zero-order chi connectivity index (χ0) is 29.7. The van der Waals surface area contributed by atoms with Gasteiger partial charge in [-0.25, -0.2) is 43.9 Å². The SMILES string of the molecule is C/C(c1c(F)c(F)c(C#N)c(F)c1F)=c1\c(C)c(F)/c(=C(/C)c2c(F)c(F)c(C=N)c(F)c2F)c(C#N)c1F. The van der Waals surface area contributed by atoms with Gasteiger partial charge in [-0.3, -0.25) is 0 Å². The van der Waals surface area contributed by atoms with Crippen LogP contribution in [0.1, 0.15) is 47.2 Å². The molecule has 0 aliphatic rings. The van der Waals surface area contributed by atoms with Gasteiger partial charge < -0.3 is 5.41 Å². The topological polar surface area (TPSA) is 71.4 Å². The summed E-state index contributed by atoms with van der Waals surface area (Å²) in [5, 5.41) is 22.9. The van der Waals surface area contributed by atoms with E-state index in [9.17, 15) is 40.4 Å². The average molecular weight is 555 g/mol. The number of nitrogens with zero attached hydrogens (tertiary/aromatic N) is 2. The molecule has 3 aromatic rings. The Morgan fingerprint density at radius 2 is 0.949 bits per heavy atom. The number of nitrogens with one attached hydrogen (secondary N) is 1. The highest BCUT2D eigenvalue weighted by Crippen LogP contribution is 2.30. The number of hydrogen-bond donors (Lipinski definition) is 1. The van der Waals surface area contributed by atoms with Crippen LogP contribution in [0.25, 0.3) is 11.1 Å². The highest BCUT2D eigenvalue weighted by molar-refractivity contribution is 5.80. The Labute approximate surface area is 212 Å². The standard InChI is InChI=1S/C26H11F10N3/c1-7(15-23(33)19(29)11(5-38)20(30)24(15)34)13-9(3)17(27)14(10(4-37)18(13)28)8(2)16-25(35)21(31)12(6-39)22(32)26(16)36/h6,39H,1-3H3/b13-7-,14-8-,39-6?. The van der Waals surface area contributed by atoms with Gasteiger partial charge in [-0.15, -0.1) is 0 Å². The van der Waals surface area contributed by atoms with Crippen molar-refractivity contribution in [1.82, 2.24) is 0 Å². The van der Waals surface area contributed by atoms with E-state index in [2.05, 4.69) is 0 Å². The van der Waals surface area contributed by atoms with Crippen LogP contribution >= 0.6 is 0 Å². The summed E-state index contributed by atoms with van der Waals surface area (Å²) < 4.78 is 147. The number of rotatable bonds is 3. The second-order valence-electron chi connectivity index (χ2n) is 8.05. The normalized spacial score (nSPS) is 12.6. The summed E-state index contributed by atoms with van der Waals surface area (Å²) in [6.07, 6.45) is -0.0263. The fourth-order valence-electron chi connectivity index (χ4n) is 4.12. The molecule has 0 spiro atoms. The Morgan fingerprint density at radius 3 is 1.33 bits per heavy atom. The molecule has 0 bridgehead atoms. The molecule has 0 aliphatic heterocycles. The van der Waals surface area contributed by atoms with E-state index in [1.54, 1.807) is 0 Å². The first-order valence-corrected chi connectivity index (χ1v) is 10.4. The number of nitriles is 2. The van der Waals surface area contributed by atoms with Crippen molar-refractivity contribution in [1.29, 1.82) is 15.9 Å². The molecule has 39 heavy (non-hydrogen) atoms. The molecule has 3 rings (SSSR count). The van der Waals surface area contributed by atoms with Crippen molar-refractivity contribution in [2.75, 3.05) is 0 Å². The maximum absolute atomic E-state index is 15.6. The molecule has 3 aromatic carbocycles. The van der Waals surface area contributed by atoms with Gasteiger partial charge in [0, 0.05) is 16.7 Å². The lowest BCUT2D eigenvalue weighted by Gasteiger charge is -2.14. The van der Waals surface area contributed by atoms with Crippen LogP contribution in [0.4, 0.5) is 43.9 Å². The molecular formula is C26H11F10N3. The van der Waals surface area contributed by atoms with Gasteiger partial charge in [-0.05, 0) is 37.5 Å². The van der Waals surface area contributed by atoms with Gasteiger partial charge in [-0.1, -0.05) is 0 Å². The summed E-state index contributed by atoms with van der Waals surface area (Å²) in [4.78, 5) is 0. The van der Waals surface area contributed by atoms with Crippen LogP contribution in [0.5, 0.6) is 0 Å². The van der Waals surface area contributed by atoms with Gasteiger partial charge in [0.2, 0.25) is 0 Å². The van der Waals surface area contributed by atoms with Crippen LogP contribution in [0, 0.1) is 93.2 Å². The smallest absolute Gasteiger partial charge is 0.180 e. The van der Waals surface area contributed by atoms with Crippen molar-refractivity contribution in [3.05, 3.63) is 102 Å². The summed E-state index contributed by atoms with van der Waals surface area (Å²) in [5.74, 6) is -20.2. The largest absolute Gasteiger partial charge is 0.308 e. The van der Waals surface area contributed by atoms with Crippen molar-refractivity contribution in [2.24, 2.45) is 0 Å². The van der Waals surface area contributed by atoms with Crippen LogP contribution in [0.3, 0.4) is 0 Å². The second-order valence-corrected chi connectivity index (χ2v) is 8.05. The molecule has 3 nitrogen and oxygen atoms in total. The Morgan fingerprint density at radius 1 is 0.564 bits per heavy atom. The van der Waals surface area contributed by atoms with E-state index in [0.717, 1.165) is 19.9 Å². The Balaban J connectivity index is 2.63. The lowest BCUT2D eigenvalue weighted by Crippen LogP contribution is -2.31. The van der Waals surface area contributed by atoms with Gasteiger partial charge in [0.15, 0.2) is 46.5 Å². The average Bonchev–Trinajstić information content (AvgIpc) is 2.89. The molecule has 1 N–H and O–H groups in total. The van der Waals surface area contributed by atoms with Crippen LogP contribution in [0.15, 0.2) is 0 Å². The van der Waals surface area contributed by atoms with Crippen LogP contribution in [0.2, 0.25) is 0 Å². The fourth-order valence-corrected chi connectivity index (χ4v) is 4.12. The van der Waals surface area contributed by atoms with E-state index < -0.39 is 113 Å². The molecule has 0 radical (unpaired) electrons. The molecule has 200 valence electrons. The third kappa shape index (κ3) is 4.11. The summed E-state index contributed by atoms with van der Waals surface area (Å²) in [5.41, 5.74) is -10.3. The van der Waals surface area contributed by atoms with E-state index in [1.807, 2.05) is 0 Å². The molecule has 0 aromatic heterocycles. The minimum absolute atomic E-state index is 0.0263. The summed E-state index contributed by atoms with van der Waals surface area (Å²) in [6.45, 7) is 2.20. The van der Waals surface area contributed by atoms with Crippen molar-refractivity contribution in [3.63, 3.8) is 0 Å². The predicted molar refractivity (Wildman–Crippen MR) is 117 cm³/mol. The van der Waals surface area contributed by atoms with E-state index >= 15 is 8.78 Å². The molecular weight excluding hydrogens is 544 g/mol. The van der Waals surface area contributed by atoms with Crippen molar-refractivity contribution >= 4 is 17.4 Å². The molecule has 0 saturated carbocycles. The Hall–Kier alpha value is -4.65. The first-order valence-electron chi connectivity index (χ1n) is 10.4. The first-order chi connectivity index (χ1) is 18.2. The van der Waals surface area contributed by atoms with Gasteiger partial charge >= 0.3 is 0 Å². The monoisotopic (exact) mass is 555 g/mol. The summed E-state index contributed by atoms with van der Waals surface area (Å²) >= 11 is 0. The highest BCUT2D eigenvalue weighted by atomic mass is 19.2. The lowest BCUT2D eigenvalue weighted by molar-refractivity contribution is 0.446. The highest BCUT2D eigenvalue weighted by Gasteiger charge is 2.30. The minimum Gasteiger partial charge on any atom is -0.308 e. The fraction of sp³-hybridized carbons (Fsp3) is 0.115. The van der Waals surface area contributed by atoms with Gasteiger partial charge in [0.25, 0.3) is 0 Å². The molecule has 0 atom stereocenters. The Kier molecular flexibility index (Phi) is 7.60. The molecule has 0 aliphatic carbocycles. The first kappa shape index (κ1) is 28.9. The van der Waals surface area contributed by atoms with Gasteiger partial charge in [0.05, 0.1) is 22.3 Å². The van der Waals surface area contributed by atoms with E-state index in [4.69, 9.17) is 10.7 Å². The minimum atomic E-state index is -2.13. The molecule has 0 saturated heterocycles. The van der Waals surface area contributed by atoms with Crippen molar-refractivity contribution in [2.45, 2.75) is 20.8 Å². The van der Waals surface area contributed by atoms with Gasteiger partial charge in [0.1, 0.15) is 29.3 Å². The maximum Gasteiger partial charge on any atom is 0.180 e. The third-order valence-corrected chi connectivity index (χ3v) is 6.04. The number of halogens is 10. The summed E-state index contributed by atoms with van der Waals surface area (Å²) in [7, 11) is 0. The van der Waals surface area contributed by atoms with Gasteiger partial charge in [-0.2, -0.15) is 10.5 Å². The molecule has 13 heteroatoms. The molecule has 0 amide bonds. The van der Waals surface area contributed by atoms with E-state index in [0.29, 0.717) is 6.92 Å². The predicted octanol–water partition coefficient (Wildman–Crippen LogP) is 5.56. The second kappa shape index (κ2) is 10.3. The number of benzene rings is 3. The molecule has 0 fully saturated rings. The number of hydrogen-bond acceptors (Lipinski definition) is 3. The van der Waals surface area contributed by atoms with Crippen molar-refractivity contribution < 1.29 is 43.9 Å².